The van der Waals surface area contributed by atoms with Crippen molar-refractivity contribution in [2.45, 2.75) is 20.8 Å². The van der Waals surface area contributed by atoms with Gasteiger partial charge in [-0.1, -0.05) is 12.1 Å². The van der Waals surface area contributed by atoms with Crippen LogP contribution in [0.15, 0.2) is 48.5 Å². The van der Waals surface area contributed by atoms with Gasteiger partial charge in [-0.15, -0.1) is 0 Å². The van der Waals surface area contributed by atoms with Crippen LogP contribution >= 0.6 is 0 Å². The topological polar surface area (TPSA) is 70.7 Å². The molecular formula is C20H25N3O3. The number of nitrogens with one attached hydrogen (secondary N) is 2. The number of nitrogens with zero attached hydrogens (tertiary/aromatic N) is 1. The first-order valence-electron chi connectivity index (χ1n) is 8.78. The van der Waals surface area contributed by atoms with Crippen LogP contribution in [0, 0.1) is 0 Å². The summed E-state index contributed by atoms with van der Waals surface area (Å²) in [5.41, 5.74) is 2.11. The minimum Gasteiger partial charge on any atom is -0.492 e. The average Bonchev–Trinajstić information content (AvgIpc) is 2.66. The standard InChI is InChI=1S/C20H25N3O3/c1-4-23(5-2)16-13-11-15(12-14-16)21-19(24)20(25)22-17-9-7-8-10-18(17)26-6-3/h7-14H,4-6H2,1-3H3,(H,21,24)(H,22,25). The molecule has 2 amide bonds. The molecular weight excluding hydrogens is 330 g/mol. The van der Waals surface area contributed by atoms with E-state index in [1.54, 1.807) is 36.4 Å². The molecule has 138 valence electrons. The number of carbonyl (C=O) groups is 2. The first-order chi connectivity index (χ1) is 12.6. The van der Waals surface area contributed by atoms with Crippen LogP contribution in [0.5, 0.6) is 5.75 Å². The summed E-state index contributed by atoms with van der Waals surface area (Å²) in [6, 6.07) is 14.4. The average molecular weight is 355 g/mol. The Morgan fingerprint density at radius 3 is 2.12 bits per heavy atom. The fourth-order valence-electron chi connectivity index (χ4n) is 2.56. The number of carbonyl (C=O) groups excluding carboxylic acids is 2. The van der Waals surface area contributed by atoms with Gasteiger partial charge in [0.1, 0.15) is 5.75 Å². The quantitative estimate of drug-likeness (QED) is 0.746. The summed E-state index contributed by atoms with van der Waals surface area (Å²) in [5.74, 6) is -0.948. The van der Waals surface area contributed by atoms with E-state index in [-0.39, 0.29) is 0 Å². The van der Waals surface area contributed by atoms with E-state index in [4.69, 9.17) is 4.74 Å². The number of anilines is 3. The minimum atomic E-state index is -0.745. The molecule has 0 fully saturated rings. The first kappa shape index (κ1) is 19.3. The maximum Gasteiger partial charge on any atom is 0.314 e. The maximum absolute atomic E-state index is 12.2. The first-order valence-corrected chi connectivity index (χ1v) is 8.78. The Kier molecular flexibility index (Phi) is 7.02. The van der Waals surface area contributed by atoms with Crippen LogP contribution in [-0.2, 0) is 9.59 Å². The second-order valence-electron chi connectivity index (χ2n) is 5.56. The molecule has 6 nitrogen and oxygen atoms in total. The molecule has 0 spiro atoms. The van der Waals surface area contributed by atoms with Crippen molar-refractivity contribution in [2.24, 2.45) is 0 Å². The molecule has 26 heavy (non-hydrogen) atoms. The van der Waals surface area contributed by atoms with Crippen LogP contribution < -0.4 is 20.3 Å². The van der Waals surface area contributed by atoms with Gasteiger partial charge in [-0.3, -0.25) is 9.59 Å². The second-order valence-corrected chi connectivity index (χ2v) is 5.56. The Hall–Kier alpha value is -3.02. The summed E-state index contributed by atoms with van der Waals surface area (Å²) in [5, 5.41) is 5.18. The van der Waals surface area contributed by atoms with Crippen molar-refractivity contribution in [1.29, 1.82) is 0 Å². The number of benzene rings is 2. The largest absolute Gasteiger partial charge is 0.492 e. The van der Waals surface area contributed by atoms with E-state index in [0.717, 1.165) is 18.8 Å². The molecule has 6 heteroatoms. The van der Waals surface area contributed by atoms with Crippen molar-refractivity contribution >= 4 is 28.9 Å². The Labute approximate surface area is 154 Å². The van der Waals surface area contributed by atoms with Gasteiger partial charge in [-0.05, 0) is 57.2 Å². The highest BCUT2D eigenvalue weighted by atomic mass is 16.5. The fourth-order valence-corrected chi connectivity index (χ4v) is 2.56. The van der Waals surface area contributed by atoms with Gasteiger partial charge in [0, 0.05) is 24.5 Å². The van der Waals surface area contributed by atoms with Gasteiger partial charge < -0.3 is 20.3 Å². The normalized spacial score (nSPS) is 10.1. The van der Waals surface area contributed by atoms with E-state index >= 15 is 0 Å². The molecule has 0 saturated carbocycles. The number of rotatable bonds is 7. The third kappa shape index (κ3) is 4.99. The van der Waals surface area contributed by atoms with Gasteiger partial charge in [0.25, 0.3) is 0 Å². The van der Waals surface area contributed by atoms with Crippen molar-refractivity contribution in [3.63, 3.8) is 0 Å². The predicted molar refractivity (Wildman–Crippen MR) is 105 cm³/mol. The van der Waals surface area contributed by atoms with Gasteiger partial charge in [0.05, 0.1) is 12.3 Å². The molecule has 2 aromatic rings. The number of hydrogen-bond acceptors (Lipinski definition) is 4. The van der Waals surface area contributed by atoms with Crippen molar-refractivity contribution in [3.05, 3.63) is 48.5 Å². The zero-order chi connectivity index (χ0) is 18.9. The van der Waals surface area contributed by atoms with Crippen molar-refractivity contribution in [1.82, 2.24) is 0 Å². The lowest BCUT2D eigenvalue weighted by Gasteiger charge is -2.21. The molecule has 0 aliphatic carbocycles. The SMILES string of the molecule is CCOc1ccccc1NC(=O)C(=O)Nc1ccc(N(CC)CC)cc1. The summed E-state index contributed by atoms with van der Waals surface area (Å²) in [6.07, 6.45) is 0. The van der Waals surface area contributed by atoms with Gasteiger partial charge in [-0.2, -0.15) is 0 Å². The van der Waals surface area contributed by atoms with Crippen molar-refractivity contribution < 1.29 is 14.3 Å². The van der Waals surface area contributed by atoms with E-state index in [9.17, 15) is 9.59 Å². The minimum absolute atomic E-state index is 0.464. The van der Waals surface area contributed by atoms with Crippen LogP contribution in [0.2, 0.25) is 0 Å². The molecule has 0 aliphatic rings. The highest BCUT2D eigenvalue weighted by Gasteiger charge is 2.16. The third-order valence-electron chi connectivity index (χ3n) is 3.90. The van der Waals surface area contributed by atoms with E-state index in [1.165, 1.54) is 0 Å². The Bertz CT molecular complexity index is 740. The van der Waals surface area contributed by atoms with Crippen LogP contribution in [0.3, 0.4) is 0 Å². The summed E-state index contributed by atoms with van der Waals surface area (Å²) >= 11 is 0. The van der Waals surface area contributed by atoms with E-state index in [2.05, 4.69) is 29.4 Å². The Balaban J connectivity index is 2.00. The smallest absolute Gasteiger partial charge is 0.314 e. The van der Waals surface area contributed by atoms with Gasteiger partial charge >= 0.3 is 11.8 Å². The van der Waals surface area contributed by atoms with Crippen LogP contribution in [0.1, 0.15) is 20.8 Å². The monoisotopic (exact) mass is 355 g/mol. The van der Waals surface area contributed by atoms with Crippen LogP contribution in [0.25, 0.3) is 0 Å². The second kappa shape index (κ2) is 9.46. The Morgan fingerprint density at radius 1 is 0.885 bits per heavy atom. The van der Waals surface area contributed by atoms with Crippen LogP contribution in [0.4, 0.5) is 17.1 Å². The zero-order valence-electron chi connectivity index (χ0n) is 15.4. The molecule has 0 aliphatic heterocycles. The zero-order valence-corrected chi connectivity index (χ0v) is 15.4. The summed E-state index contributed by atoms with van der Waals surface area (Å²) in [7, 11) is 0. The molecule has 2 rings (SSSR count). The van der Waals surface area contributed by atoms with Crippen molar-refractivity contribution in [2.75, 3.05) is 35.2 Å². The number of para-hydroxylation sites is 2. The Morgan fingerprint density at radius 2 is 1.50 bits per heavy atom. The molecule has 2 N–H and O–H groups in total. The van der Waals surface area contributed by atoms with Gasteiger partial charge in [0.2, 0.25) is 0 Å². The third-order valence-corrected chi connectivity index (χ3v) is 3.90. The molecule has 0 saturated heterocycles. The highest BCUT2D eigenvalue weighted by molar-refractivity contribution is 6.43. The van der Waals surface area contributed by atoms with E-state index < -0.39 is 11.8 Å². The lowest BCUT2D eigenvalue weighted by atomic mass is 10.2. The number of ether oxygens (including phenoxy) is 1. The molecule has 0 unspecified atom stereocenters. The molecule has 0 bridgehead atoms. The highest BCUT2D eigenvalue weighted by Crippen LogP contribution is 2.23. The summed E-state index contributed by atoms with van der Waals surface area (Å²) in [6.45, 7) is 8.31. The van der Waals surface area contributed by atoms with E-state index in [0.29, 0.717) is 23.7 Å². The number of amides is 2. The van der Waals surface area contributed by atoms with Gasteiger partial charge in [-0.25, -0.2) is 0 Å². The van der Waals surface area contributed by atoms with E-state index in [1.807, 2.05) is 19.1 Å². The lowest BCUT2D eigenvalue weighted by molar-refractivity contribution is -0.133. The molecule has 0 aromatic heterocycles. The van der Waals surface area contributed by atoms with Gasteiger partial charge in [0.15, 0.2) is 0 Å². The maximum atomic E-state index is 12.2. The molecule has 2 aromatic carbocycles. The number of hydrogen-bond donors (Lipinski definition) is 2. The predicted octanol–water partition coefficient (Wildman–Crippen LogP) is 3.51. The van der Waals surface area contributed by atoms with Crippen molar-refractivity contribution in [3.8, 4) is 5.75 Å². The molecule has 0 heterocycles. The van der Waals surface area contributed by atoms with Crippen LogP contribution in [-0.4, -0.2) is 31.5 Å². The summed E-state index contributed by atoms with van der Waals surface area (Å²) < 4.78 is 5.44. The summed E-state index contributed by atoms with van der Waals surface area (Å²) in [4.78, 5) is 26.5. The molecule has 0 radical (unpaired) electrons. The lowest BCUT2D eigenvalue weighted by Crippen LogP contribution is -2.29. The fraction of sp³-hybridized carbons (Fsp3) is 0.300. The molecule has 0 atom stereocenters.